The SMILES string of the molecule is CO[C@@H]1[C@@H](O)CO[C@H](CO)C1(O)O. The average molecular weight is 194 g/mol. The van der Waals surface area contributed by atoms with Crippen LogP contribution in [0.3, 0.4) is 0 Å². The van der Waals surface area contributed by atoms with Crippen LogP contribution in [0.4, 0.5) is 0 Å². The number of hydrogen-bond acceptors (Lipinski definition) is 6. The van der Waals surface area contributed by atoms with E-state index < -0.39 is 30.7 Å². The molecular weight excluding hydrogens is 180 g/mol. The Hall–Kier alpha value is -0.240. The molecule has 1 fully saturated rings. The Kier molecular flexibility index (Phi) is 3.23. The van der Waals surface area contributed by atoms with Crippen LogP contribution in [0.15, 0.2) is 0 Å². The van der Waals surface area contributed by atoms with Gasteiger partial charge < -0.3 is 29.9 Å². The van der Waals surface area contributed by atoms with Gasteiger partial charge in [0.25, 0.3) is 0 Å². The van der Waals surface area contributed by atoms with Gasteiger partial charge in [0.15, 0.2) is 0 Å². The molecule has 4 N–H and O–H groups in total. The minimum atomic E-state index is -2.36. The van der Waals surface area contributed by atoms with Crippen molar-refractivity contribution in [3.8, 4) is 0 Å². The zero-order chi connectivity index (χ0) is 10.1. The molecule has 1 heterocycles. The van der Waals surface area contributed by atoms with Crippen LogP contribution in [0.2, 0.25) is 0 Å². The van der Waals surface area contributed by atoms with Gasteiger partial charge in [-0.15, -0.1) is 0 Å². The summed E-state index contributed by atoms with van der Waals surface area (Å²) >= 11 is 0. The maximum absolute atomic E-state index is 9.45. The van der Waals surface area contributed by atoms with E-state index in [4.69, 9.17) is 14.6 Å². The van der Waals surface area contributed by atoms with Gasteiger partial charge in [-0.25, -0.2) is 0 Å². The molecule has 0 aromatic carbocycles. The molecule has 0 saturated carbocycles. The second-order valence-corrected chi connectivity index (χ2v) is 3.01. The fraction of sp³-hybridized carbons (Fsp3) is 1.00. The Balaban J connectivity index is 2.78. The summed E-state index contributed by atoms with van der Waals surface area (Å²) in [6.45, 7) is -0.633. The molecule has 78 valence electrons. The van der Waals surface area contributed by atoms with E-state index in [1.165, 1.54) is 7.11 Å². The third-order valence-electron chi connectivity index (χ3n) is 2.13. The highest BCUT2D eigenvalue weighted by molar-refractivity contribution is 4.93. The van der Waals surface area contributed by atoms with E-state index in [1.807, 2.05) is 0 Å². The van der Waals surface area contributed by atoms with Gasteiger partial charge in [-0.3, -0.25) is 0 Å². The van der Waals surface area contributed by atoms with Crippen molar-refractivity contribution in [2.45, 2.75) is 24.1 Å². The van der Waals surface area contributed by atoms with Gasteiger partial charge in [-0.05, 0) is 0 Å². The fourth-order valence-electron chi connectivity index (χ4n) is 1.41. The molecule has 6 heteroatoms. The van der Waals surface area contributed by atoms with Crippen molar-refractivity contribution in [1.82, 2.24) is 0 Å². The Bertz CT molecular complexity index is 170. The van der Waals surface area contributed by atoms with Crippen LogP contribution >= 0.6 is 0 Å². The number of aliphatic hydroxyl groups is 4. The van der Waals surface area contributed by atoms with Crippen LogP contribution in [0.5, 0.6) is 0 Å². The summed E-state index contributed by atoms with van der Waals surface area (Å²) in [5.74, 6) is -2.36. The Morgan fingerprint density at radius 3 is 2.62 bits per heavy atom. The van der Waals surface area contributed by atoms with Crippen LogP contribution in [0.25, 0.3) is 0 Å². The number of rotatable bonds is 2. The van der Waals surface area contributed by atoms with Gasteiger partial charge in [0.05, 0.1) is 13.2 Å². The first-order valence-electron chi connectivity index (χ1n) is 3.92. The van der Waals surface area contributed by atoms with Gasteiger partial charge in [0.1, 0.15) is 18.3 Å². The highest BCUT2D eigenvalue weighted by Gasteiger charge is 2.50. The summed E-state index contributed by atoms with van der Waals surface area (Å²) in [4.78, 5) is 0. The Labute approximate surface area is 75.3 Å². The van der Waals surface area contributed by atoms with E-state index in [2.05, 4.69) is 0 Å². The standard InChI is InChI=1S/C7H14O6/c1-12-6-4(9)3-13-5(2-8)7(6,10)11/h4-6,8-11H,2-3H2,1H3/t4-,5+,6+/m0/s1. The molecule has 0 aliphatic carbocycles. The molecule has 1 rings (SSSR count). The lowest BCUT2D eigenvalue weighted by Gasteiger charge is -2.42. The molecule has 1 saturated heterocycles. The highest BCUT2D eigenvalue weighted by Crippen LogP contribution is 2.25. The molecule has 3 atom stereocenters. The first kappa shape index (κ1) is 10.8. The predicted octanol–water partition coefficient (Wildman–Crippen LogP) is -2.57. The van der Waals surface area contributed by atoms with E-state index in [9.17, 15) is 15.3 Å². The van der Waals surface area contributed by atoms with E-state index in [-0.39, 0.29) is 6.61 Å². The molecule has 0 radical (unpaired) electrons. The van der Waals surface area contributed by atoms with Gasteiger partial charge in [-0.2, -0.15) is 0 Å². The van der Waals surface area contributed by atoms with E-state index >= 15 is 0 Å². The lowest BCUT2D eigenvalue weighted by molar-refractivity contribution is -0.340. The summed E-state index contributed by atoms with van der Waals surface area (Å²) in [6, 6.07) is 0. The van der Waals surface area contributed by atoms with Crippen LogP contribution in [-0.2, 0) is 9.47 Å². The summed E-state index contributed by atoms with van der Waals surface area (Å²) in [5, 5.41) is 36.9. The monoisotopic (exact) mass is 194 g/mol. The smallest absolute Gasteiger partial charge is 0.221 e. The molecule has 0 aromatic rings. The maximum Gasteiger partial charge on any atom is 0.221 e. The zero-order valence-electron chi connectivity index (χ0n) is 7.25. The predicted molar refractivity (Wildman–Crippen MR) is 40.8 cm³/mol. The van der Waals surface area contributed by atoms with Crippen molar-refractivity contribution in [3.05, 3.63) is 0 Å². The minimum Gasteiger partial charge on any atom is -0.393 e. The van der Waals surface area contributed by atoms with Crippen molar-refractivity contribution in [2.24, 2.45) is 0 Å². The fourth-order valence-corrected chi connectivity index (χ4v) is 1.41. The second kappa shape index (κ2) is 3.87. The van der Waals surface area contributed by atoms with Crippen molar-refractivity contribution in [2.75, 3.05) is 20.3 Å². The number of ether oxygens (including phenoxy) is 2. The van der Waals surface area contributed by atoms with Gasteiger partial charge >= 0.3 is 0 Å². The van der Waals surface area contributed by atoms with Gasteiger partial charge in [0.2, 0.25) is 5.79 Å². The molecule has 0 amide bonds. The first-order valence-corrected chi connectivity index (χ1v) is 3.92. The average Bonchev–Trinajstić information content (AvgIpc) is 2.04. The van der Waals surface area contributed by atoms with Crippen molar-refractivity contribution in [3.63, 3.8) is 0 Å². The normalized spacial score (nSPS) is 39.0. The summed E-state index contributed by atoms with van der Waals surface area (Å²) in [5.41, 5.74) is 0. The number of aliphatic hydroxyl groups excluding tert-OH is 2. The first-order chi connectivity index (χ1) is 6.04. The van der Waals surface area contributed by atoms with Crippen LogP contribution in [-0.4, -0.2) is 64.8 Å². The topological polar surface area (TPSA) is 99.4 Å². The molecule has 1 aliphatic rings. The van der Waals surface area contributed by atoms with Gasteiger partial charge in [0, 0.05) is 7.11 Å². The second-order valence-electron chi connectivity index (χ2n) is 3.01. The van der Waals surface area contributed by atoms with Crippen molar-refractivity contribution in [1.29, 1.82) is 0 Å². The van der Waals surface area contributed by atoms with E-state index in [0.717, 1.165) is 0 Å². The quantitative estimate of drug-likeness (QED) is 0.361. The molecule has 0 spiro atoms. The third kappa shape index (κ3) is 1.83. The summed E-state index contributed by atoms with van der Waals surface area (Å²) in [7, 11) is 1.24. The molecule has 0 unspecified atom stereocenters. The molecule has 13 heavy (non-hydrogen) atoms. The molecule has 0 aromatic heterocycles. The van der Waals surface area contributed by atoms with Gasteiger partial charge in [-0.1, -0.05) is 0 Å². The van der Waals surface area contributed by atoms with E-state index in [1.54, 1.807) is 0 Å². The number of methoxy groups -OCH3 is 1. The van der Waals surface area contributed by atoms with Crippen LogP contribution in [0.1, 0.15) is 0 Å². The molecule has 0 bridgehead atoms. The van der Waals surface area contributed by atoms with E-state index in [0.29, 0.717) is 0 Å². The largest absolute Gasteiger partial charge is 0.393 e. The summed E-state index contributed by atoms with van der Waals surface area (Å²) < 4.78 is 9.52. The highest BCUT2D eigenvalue weighted by atomic mass is 16.6. The summed E-state index contributed by atoms with van der Waals surface area (Å²) in [6.07, 6.45) is -3.43. The van der Waals surface area contributed by atoms with Crippen LogP contribution < -0.4 is 0 Å². The maximum atomic E-state index is 9.45. The number of hydrogen-bond donors (Lipinski definition) is 4. The van der Waals surface area contributed by atoms with Crippen LogP contribution in [0, 0.1) is 0 Å². The molecule has 1 aliphatic heterocycles. The van der Waals surface area contributed by atoms with Crippen molar-refractivity contribution >= 4 is 0 Å². The zero-order valence-corrected chi connectivity index (χ0v) is 7.25. The van der Waals surface area contributed by atoms with Crippen molar-refractivity contribution < 1.29 is 29.9 Å². The Morgan fingerprint density at radius 1 is 1.54 bits per heavy atom. The molecule has 6 nitrogen and oxygen atoms in total. The Morgan fingerprint density at radius 2 is 2.15 bits per heavy atom. The minimum absolute atomic E-state index is 0.0907. The lowest BCUT2D eigenvalue weighted by Crippen LogP contribution is -2.64. The molecular formula is C7H14O6. The third-order valence-corrected chi connectivity index (χ3v) is 2.13. The lowest BCUT2D eigenvalue weighted by atomic mass is 9.96.